The molecule has 3 aliphatic rings. The molecular formula is C27H29BrN6O5. The molecular weight excluding hydrogens is 568 g/mol. The Bertz CT molecular complexity index is 1420. The summed E-state index contributed by atoms with van der Waals surface area (Å²) < 4.78 is 8.04. The van der Waals surface area contributed by atoms with Gasteiger partial charge >= 0.3 is 0 Å². The summed E-state index contributed by atoms with van der Waals surface area (Å²) in [5.74, 6) is -2.70. The Balaban J connectivity index is 1.28. The van der Waals surface area contributed by atoms with E-state index in [2.05, 4.69) is 36.9 Å². The van der Waals surface area contributed by atoms with Crippen LogP contribution in [0.3, 0.4) is 0 Å². The first-order chi connectivity index (χ1) is 18.9. The van der Waals surface area contributed by atoms with Gasteiger partial charge in [-0.1, -0.05) is 63.6 Å². The second-order valence-corrected chi connectivity index (χ2v) is 11.6. The molecule has 3 aliphatic heterocycles. The van der Waals surface area contributed by atoms with Crippen molar-refractivity contribution in [3.05, 3.63) is 60.2 Å². The quantitative estimate of drug-likeness (QED) is 0.329. The molecule has 11 nitrogen and oxygen atoms in total. The largest absolute Gasteiger partial charge is 0.394 e. The number of hydrogen-bond acceptors (Lipinski definition) is 7. The monoisotopic (exact) mass is 596 g/mol. The highest BCUT2D eigenvalue weighted by atomic mass is 79.9. The van der Waals surface area contributed by atoms with E-state index in [0.717, 1.165) is 11.1 Å². The fraction of sp³-hybridized carbons (Fsp3) is 0.444. The molecule has 6 rings (SSSR count). The minimum atomic E-state index is -1.21. The third-order valence-corrected chi connectivity index (χ3v) is 8.99. The second-order valence-electron chi connectivity index (χ2n) is 10.4. The van der Waals surface area contributed by atoms with E-state index in [4.69, 9.17) is 4.74 Å². The number of hydrogen-bond donors (Lipinski definition) is 3. The molecule has 0 saturated carbocycles. The summed E-state index contributed by atoms with van der Waals surface area (Å²) in [5, 5.41) is 24.1. The molecule has 39 heavy (non-hydrogen) atoms. The van der Waals surface area contributed by atoms with Crippen LogP contribution in [-0.2, 0) is 32.3 Å². The zero-order valence-corrected chi connectivity index (χ0v) is 22.8. The lowest BCUT2D eigenvalue weighted by molar-refractivity contribution is -0.145. The smallest absolute Gasteiger partial charge is 0.247 e. The number of fused-ring (bicyclic) bond motifs is 2. The Labute approximate surface area is 233 Å². The molecule has 1 spiro atoms. The predicted octanol–water partition coefficient (Wildman–Crippen LogP) is 0.950. The van der Waals surface area contributed by atoms with Crippen molar-refractivity contribution >= 4 is 44.7 Å². The second kappa shape index (κ2) is 10.00. The van der Waals surface area contributed by atoms with Gasteiger partial charge in [-0.15, -0.1) is 5.10 Å². The Morgan fingerprint density at radius 2 is 1.90 bits per heavy atom. The first-order valence-electron chi connectivity index (χ1n) is 13.0. The third kappa shape index (κ3) is 4.12. The average molecular weight is 597 g/mol. The standard InChI is InChI=1S/C27H29BrN6O5/c1-15(13-35)34-23(25(37)30-14-33-19-10-6-5-9-18(19)31-32-33)27-11-17(28)22(39-27)20(21(27)26(34)38)24(36)29-12-16-7-3-2-4-8-16/h2-10,15,17,20-23,35H,11-14H2,1H3,(H,29,36)(H,30,37)/t15-,17?,20+,21+,22+,23?,27?/m1/s1. The maximum absolute atomic E-state index is 13.9. The van der Waals surface area contributed by atoms with Gasteiger partial charge in [0.1, 0.15) is 23.8 Å². The van der Waals surface area contributed by atoms with Crippen LogP contribution in [0.5, 0.6) is 0 Å². The van der Waals surface area contributed by atoms with Gasteiger partial charge in [0.2, 0.25) is 17.7 Å². The van der Waals surface area contributed by atoms with Gasteiger partial charge in [0.25, 0.3) is 0 Å². The van der Waals surface area contributed by atoms with Crippen LogP contribution < -0.4 is 10.6 Å². The first kappa shape index (κ1) is 25.9. The van der Waals surface area contributed by atoms with Crippen molar-refractivity contribution in [3.63, 3.8) is 0 Å². The van der Waals surface area contributed by atoms with Gasteiger partial charge < -0.3 is 25.4 Å². The number of nitrogens with zero attached hydrogens (tertiary/aromatic N) is 4. The molecule has 0 radical (unpaired) electrons. The van der Waals surface area contributed by atoms with Crippen LogP contribution in [0.2, 0.25) is 0 Å². The number of ether oxygens (including phenoxy) is 1. The van der Waals surface area contributed by atoms with Crippen LogP contribution >= 0.6 is 15.9 Å². The van der Waals surface area contributed by atoms with Gasteiger partial charge in [-0.25, -0.2) is 4.68 Å². The number of para-hydroxylation sites is 1. The first-order valence-corrected chi connectivity index (χ1v) is 13.9. The van der Waals surface area contributed by atoms with E-state index >= 15 is 0 Å². The molecule has 0 aliphatic carbocycles. The molecule has 3 unspecified atom stereocenters. The van der Waals surface area contributed by atoms with Crippen molar-refractivity contribution in [2.45, 2.75) is 55.2 Å². The van der Waals surface area contributed by atoms with Crippen molar-refractivity contribution in [1.82, 2.24) is 30.5 Å². The summed E-state index contributed by atoms with van der Waals surface area (Å²) in [6.45, 7) is 1.70. The van der Waals surface area contributed by atoms with Crippen LogP contribution in [0, 0.1) is 11.8 Å². The SMILES string of the molecule is C[C@H](CO)N1C(=O)[C@@H]2[C@H](C(=O)NCc3ccccc3)[C@H]3OC2(CC3Br)C1C(=O)NCn1nnc2ccccc21. The van der Waals surface area contributed by atoms with Crippen LogP contribution in [0.1, 0.15) is 18.9 Å². The zero-order chi connectivity index (χ0) is 27.3. The van der Waals surface area contributed by atoms with Crippen LogP contribution in [0.4, 0.5) is 0 Å². The number of nitrogens with one attached hydrogen (secondary N) is 2. The number of aromatic nitrogens is 3. The Hall–Kier alpha value is -3.35. The molecule has 4 heterocycles. The van der Waals surface area contributed by atoms with E-state index in [1.54, 1.807) is 11.6 Å². The number of aliphatic hydroxyl groups is 1. The topological polar surface area (TPSA) is 139 Å². The summed E-state index contributed by atoms with van der Waals surface area (Å²) in [4.78, 5) is 42.5. The zero-order valence-electron chi connectivity index (χ0n) is 21.2. The normalized spacial score (nSPS) is 30.0. The summed E-state index contributed by atoms with van der Waals surface area (Å²) in [7, 11) is 0. The van der Waals surface area contributed by atoms with E-state index in [0.29, 0.717) is 18.5 Å². The van der Waals surface area contributed by atoms with Crippen molar-refractivity contribution in [1.29, 1.82) is 0 Å². The molecule has 3 fully saturated rings. The molecule has 1 aromatic heterocycles. The lowest BCUT2D eigenvalue weighted by atomic mass is 9.70. The van der Waals surface area contributed by atoms with Crippen molar-refractivity contribution in [2.75, 3.05) is 6.61 Å². The van der Waals surface area contributed by atoms with Crippen LogP contribution in [0.15, 0.2) is 54.6 Å². The highest BCUT2D eigenvalue weighted by molar-refractivity contribution is 9.09. The molecule has 3 saturated heterocycles. The minimum absolute atomic E-state index is 0.0360. The lowest BCUT2D eigenvalue weighted by Gasteiger charge is -2.35. The van der Waals surface area contributed by atoms with Crippen LogP contribution in [-0.4, -0.2) is 77.9 Å². The number of rotatable bonds is 8. The number of alkyl halides is 1. The van der Waals surface area contributed by atoms with Gasteiger partial charge in [0.15, 0.2) is 0 Å². The number of carbonyl (C=O) groups is 3. The average Bonchev–Trinajstić information content (AvgIpc) is 3.67. The maximum atomic E-state index is 13.9. The van der Waals surface area contributed by atoms with Crippen molar-refractivity contribution < 1.29 is 24.2 Å². The molecule has 12 heteroatoms. The fourth-order valence-electron chi connectivity index (χ4n) is 6.42. The maximum Gasteiger partial charge on any atom is 0.247 e. The number of aliphatic hydroxyl groups excluding tert-OH is 1. The van der Waals surface area contributed by atoms with E-state index in [-0.39, 0.29) is 29.9 Å². The van der Waals surface area contributed by atoms with Gasteiger partial charge in [0.05, 0.1) is 36.1 Å². The van der Waals surface area contributed by atoms with E-state index in [9.17, 15) is 19.5 Å². The summed E-state index contributed by atoms with van der Waals surface area (Å²) in [5.41, 5.74) is 1.18. The number of likely N-dealkylation sites (tertiary alicyclic amines) is 1. The van der Waals surface area contributed by atoms with Gasteiger partial charge in [0, 0.05) is 11.4 Å². The number of halogens is 1. The van der Waals surface area contributed by atoms with Crippen LogP contribution in [0.25, 0.3) is 11.0 Å². The van der Waals surface area contributed by atoms with Crippen molar-refractivity contribution in [3.8, 4) is 0 Å². The molecule has 3 aromatic rings. The predicted molar refractivity (Wildman–Crippen MR) is 143 cm³/mol. The third-order valence-electron chi connectivity index (χ3n) is 8.15. The Morgan fingerprint density at radius 3 is 2.67 bits per heavy atom. The minimum Gasteiger partial charge on any atom is -0.394 e. The fourth-order valence-corrected chi connectivity index (χ4v) is 7.36. The Kier molecular flexibility index (Phi) is 6.64. The Morgan fingerprint density at radius 1 is 1.15 bits per heavy atom. The van der Waals surface area contributed by atoms with E-state index in [1.807, 2.05) is 54.6 Å². The van der Waals surface area contributed by atoms with Gasteiger partial charge in [-0.05, 0) is 31.0 Å². The van der Waals surface area contributed by atoms with E-state index in [1.165, 1.54) is 4.90 Å². The molecule has 204 valence electrons. The summed E-state index contributed by atoms with van der Waals surface area (Å²) in [6, 6.07) is 15.2. The van der Waals surface area contributed by atoms with Gasteiger partial charge in [-0.3, -0.25) is 14.4 Å². The number of benzene rings is 2. The van der Waals surface area contributed by atoms with Gasteiger partial charge in [-0.2, -0.15) is 0 Å². The highest BCUT2D eigenvalue weighted by Crippen LogP contribution is 2.60. The molecule has 2 aromatic carbocycles. The van der Waals surface area contributed by atoms with E-state index < -0.39 is 41.5 Å². The molecule has 3 N–H and O–H groups in total. The molecule has 3 amide bonds. The molecule has 2 bridgehead atoms. The summed E-state index contributed by atoms with van der Waals surface area (Å²) >= 11 is 3.66. The van der Waals surface area contributed by atoms with Crippen molar-refractivity contribution in [2.24, 2.45) is 11.8 Å². The number of carbonyl (C=O) groups excluding carboxylic acids is 3. The molecule has 7 atom stereocenters. The highest BCUT2D eigenvalue weighted by Gasteiger charge is 2.76. The lowest BCUT2D eigenvalue weighted by Crippen LogP contribution is -2.58. The summed E-state index contributed by atoms with van der Waals surface area (Å²) in [6.07, 6.45) is -0.175. The number of amides is 3.